The van der Waals surface area contributed by atoms with E-state index in [1.807, 2.05) is 0 Å². The van der Waals surface area contributed by atoms with Gasteiger partial charge in [-0.3, -0.25) is 0 Å². The Morgan fingerprint density at radius 2 is 1.00 bits per heavy atom. The van der Waals surface area contributed by atoms with E-state index in [4.69, 9.17) is 19.8 Å². The molecule has 0 aliphatic carbocycles. The Morgan fingerprint density at radius 3 is 1.00 bits per heavy atom. The fourth-order valence-electron chi connectivity index (χ4n) is 0. The van der Waals surface area contributed by atoms with Crippen LogP contribution in [-0.4, -0.2) is 11.9 Å². The topological polar surface area (TPSA) is 80.3 Å². The predicted octanol–water partition coefficient (Wildman–Crippen LogP) is -2.49. The summed E-state index contributed by atoms with van der Waals surface area (Å²) in [7, 11) is 0. The van der Waals surface area contributed by atoms with Crippen molar-refractivity contribution in [3.63, 3.8) is 0 Å². The molecule has 0 spiro atoms. The average Bonchev–Trinajstić information content (AvgIpc) is 1.25. The van der Waals surface area contributed by atoms with Crippen LogP contribution in [-0.2, 0) is 30.0 Å². The Bertz CT molecular complexity index is 70.6. The van der Waals surface area contributed by atoms with Crippen LogP contribution in [0.15, 0.2) is 0 Å². The number of rotatable bonds is 0. The van der Waals surface area contributed by atoms with E-state index >= 15 is 0 Å². The third-order valence-corrected chi connectivity index (χ3v) is 0. The van der Waals surface area contributed by atoms with Crippen molar-refractivity contribution < 1.29 is 40.2 Å². The molecule has 55 valence electrons. The Kier molecular flexibility index (Phi) is 18.6. The maximum absolute atomic E-state index is 8.89. The molecule has 1 radical (unpaired) electrons. The second-order valence-electron chi connectivity index (χ2n) is 0.983. The molecule has 4 nitrogen and oxygen atoms in total. The molecule has 0 amide bonds. The van der Waals surface area contributed by atoms with Crippen LogP contribution >= 0.6 is 0 Å². The smallest absolute Gasteiger partial charge is 0.0383 e. The summed E-state index contributed by atoms with van der Waals surface area (Å²) in [5, 5.41) is 17.8. The number of aliphatic carboxylic acids is 2. The maximum atomic E-state index is 8.89. The third kappa shape index (κ3) is 1510. The van der Waals surface area contributed by atoms with Gasteiger partial charge >= 0.3 is 0 Å². The zero-order valence-electron chi connectivity index (χ0n) is 5.01. The van der Waals surface area contributed by atoms with Crippen molar-refractivity contribution in [2.24, 2.45) is 0 Å². The summed E-state index contributed by atoms with van der Waals surface area (Å²) in [6.45, 7) is 1.94. The number of carboxylic acids is 2. The molecule has 9 heavy (non-hydrogen) atoms. The van der Waals surface area contributed by atoms with E-state index in [1.165, 1.54) is 0 Å². The molecule has 0 aromatic rings. The molecule has 5 heteroatoms. The summed E-state index contributed by atoms with van der Waals surface area (Å²) >= 11 is 0. The molecule has 0 heterocycles. The molecule has 0 aromatic heterocycles. The zero-order valence-corrected chi connectivity index (χ0v) is 7.73. The van der Waals surface area contributed by atoms with E-state index in [0.29, 0.717) is 0 Å². The van der Waals surface area contributed by atoms with Gasteiger partial charge in [0.05, 0.1) is 0 Å². The quantitative estimate of drug-likeness (QED) is 0.496. The number of hydrogen-bond donors (Lipinski definition) is 0. The fourth-order valence-corrected chi connectivity index (χ4v) is 0. The van der Waals surface area contributed by atoms with Gasteiger partial charge in [-0.2, -0.15) is 0 Å². The molecular formula is C4H6O4Re-2. The molecule has 0 saturated heterocycles. The van der Waals surface area contributed by atoms with Crippen LogP contribution in [0.25, 0.3) is 0 Å². The second-order valence-corrected chi connectivity index (χ2v) is 0.983. The van der Waals surface area contributed by atoms with Gasteiger partial charge in [-0.05, 0) is 13.8 Å². The van der Waals surface area contributed by atoms with Gasteiger partial charge < -0.3 is 19.8 Å². The van der Waals surface area contributed by atoms with Gasteiger partial charge in [-0.15, -0.1) is 0 Å². The third-order valence-electron chi connectivity index (χ3n) is 0. The van der Waals surface area contributed by atoms with Gasteiger partial charge in [0.25, 0.3) is 0 Å². The minimum Gasteiger partial charge on any atom is -0.550 e. The van der Waals surface area contributed by atoms with E-state index in [2.05, 4.69) is 0 Å². The molecule has 0 rings (SSSR count). The molecule has 0 aromatic carbocycles. The summed E-state index contributed by atoms with van der Waals surface area (Å²) < 4.78 is 0. The van der Waals surface area contributed by atoms with Gasteiger partial charge in [-0.1, -0.05) is 0 Å². The van der Waals surface area contributed by atoms with Crippen LogP contribution in [0.2, 0.25) is 0 Å². The Morgan fingerprint density at radius 1 is 1.00 bits per heavy atom. The number of hydrogen-bond acceptors (Lipinski definition) is 4. The van der Waals surface area contributed by atoms with Crippen molar-refractivity contribution in [3.8, 4) is 0 Å². The molecule has 0 unspecified atom stereocenters. The Hall–Kier alpha value is -0.398. The minimum atomic E-state index is -1.08. The van der Waals surface area contributed by atoms with Crippen molar-refractivity contribution in [3.05, 3.63) is 0 Å². The first-order valence-corrected chi connectivity index (χ1v) is 1.82. The van der Waals surface area contributed by atoms with Crippen molar-refractivity contribution in [2.75, 3.05) is 0 Å². The average molecular weight is 304 g/mol. The molecule has 0 atom stereocenters. The molecule has 0 saturated carbocycles. The van der Waals surface area contributed by atoms with Gasteiger partial charge in [0.15, 0.2) is 0 Å². The summed E-state index contributed by atoms with van der Waals surface area (Å²) in [4.78, 5) is 17.8. The zero-order chi connectivity index (χ0) is 7.15. The Balaban J connectivity index is -0.0000000720. The van der Waals surface area contributed by atoms with Gasteiger partial charge in [0, 0.05) is 32.4 Å². The van der Waals surface area contributed by atoms with Crippen molar-refractivity contribution in [1.82, 2.24) is 0 Å². The maximum Gasteiger partial charge on any atom is 0.0383 e. The van der Waals surface area contributed by atoms with E-state index in [9.17, 15) is 0 Å². The van der Waals surface area contributed by atoms with Crippen LogP contribution in [0.4, 0.5) is 0 Å². The second kappa shape index (κ2) is 10.6. The fraction of sp³-hybridized carbons (Fsp3) is 0.500. The minimum absolute atomic E-state index is 0. The van der Waals surface area contributed by atoms with Crippen LogP contribution in [0.5, 0.6) is 0 Å². The normalized spacial score (nSPS) is 5.56. The van der Waals surface area contributed by atoms with E-state index < -0.39 is 11.9 Å². The van der Waals surface area contributed by atoms with Crippen LogP contribution in [0.1, 0.15) is 13.8 Å². The largest absolute Gasteiger partial charge is 0.550 e. The van der Waals surface area contributed by atoms with E-state index in [1.54, 1.807) is 0 Å². The van der Waals surface area contributed by atoms with E-state index in [-0.39, 0.29) is 20.4 Å². The standard InChI is InChI=1S/2C2H4O2.Re/c2*1-2(3)4;/h2*1H3,(H,3,4);/p-2. The van der Waals surface area contributed by atoms with Gasteiger partial charge in [0.2, 0.25) is 0 Å². The summed E-state index contributed by atoms with van der Waals surface area (Å²) in [5.74, 6) is -2.17. The number of carbonyl (C=O) groups excluding carboxylic acids is 2. The first kappa shape index (κ1) is 15.8. The van der Waals surface area contributed by atoms with Crippen LogP contribution < -0.4 is 10.2 Å². The molecule has 0 fully saturated rings. The van der Waals surface area contributed by atoms with Crippen molar-refractivity contribution in [2.45, 2.75) is 13.8 Å². The number of carboxylic acid groups (broad SMARTS) is 2. The molecular weight excluding hydrogens is 298 g/mol. The number of carbonyl (C=O) groups is 2. The van der Waals surface area contributed by atoms with Crippen molar-refractivity contribution >= 4 is 11.9 Å². The van der Waals surface area contributed by atoms with Crippen LogP contribution in [0, 0.1) is 0 Å². The van der Waals surface area contributed by atoms with Gasteiger partial charge in [-0.25, -0.2) is 0 Å². The molecule has 0 N–H and O–H groups in total. The summed E-state index contributed by atoms with van der Waals surface area (Å²) in [6, 6.07) is 0. The predicted molar refractivity (Wildman–Crippen MR) is 21.4 cm³/mol. The summed E-state index contributed by atoms with van der Waals surface area (Å²) in [5.41, 5.74) is 0. The molecule has 0 aliphatic rings. The molecule has 0 bridgehead atoms. The molecule has 0 aliphatic heterocycles. The first-order chi connectivity index (χ1) is 3.46. The summed E-state index contributed by atoms with van der Waals surface area (Å²) in [6.07, 6.45) is 0. The monoisotopic (exact) mass is 305 g/mol. The first-order valence-electron chi connectivity index (χ1n) is 1.82. The van der Waals surface area contributed by atoms with Crippen molar-refractivity contribution in [1.29, 1.82) is 0 Å². The van der Waals surface area contributed by atoms with Gasteiger partial charge in [0.1, 0.15) is 0 Å². The van der Waals surface area contributed by atoms with Crippen LogP contribution in [0.3, 0.4) is 0 Å². The van der Waals surface area contributed by atoms with E-state index in [0.717, 1.165) is 13.8 Å². The Labute approximate surface area is 66.5 Å². The SMILES string of the molecule is CC(=O)[O-].CC(=O)[O-].[Re].